The van der Waals surface area contributed by atoms with E-state index in [1.54, 1.807) is 52.3 Å². The molecule has 0 aliphatic carbocycles. The van der Waals surface area contributed by atoms with Gasteiger partial charge in [-0.1, -0.05) is 18.2 Å². The second kappa shape index (κ2) is 8.20. The maximum Gasteiger partial charge on any atom is 0.324 e. The highest BCUT2D eigenvalue weighted by Gasteiger charge is 2.27. The van der Waals surface area contributed by atoms with Gasteiger partial charge in [-0.25, -0.2) is 9.18 Å². The van der Waals surface area contributed by atoms with E-state index in [9.17, 15) is 14.0 Å². The Morgan fingerprint density at radius 1 is 1.11 bits per heavy atom. The molecule has 0 radical (unpaired) electrons. The minimum Gasteiger partial charge on any atom is -0.350 e. The summed E-state index contributed by atoms with van der Waals surface area (Å²) in [6.07, 6.45) is 0.801. The summed E-state index contributed by atoms with van der Waals surface area (Å²) in [6.45, 7) is 5.26. The lowest BCUT2D eigenvalue weighted by Crippen LogP contribution is -2.49. The summed E-state index contributed by atoms with van der Waals surface area (Å²) in [7, 11) is 0. The molecule has 142 valence electrons. The Hall–Kier alpha value is -2.89. The van der Waals surface area contributed by atoms with Crippen LogP contribution >= 0.6 is 0 Å². The summed E-state index contributed by atoms with van der Waals surface area (Å²) in [5.41, 5.74) is 1.80. The highest BCUT2D eigenvalue weighted by Crippen LogP contribution is 2.22. The summed E-state index contributed by atoms with van der Waals surface area (Å²) in [5.74, 6) is -0.439. The van der Waals surface area contributed by atoms with Gasteiger partial charge in [0, 0.05) is 35.9 Å². The standard InChI is InChI=1S/C21H24FN3O2/c1-15(2)23-20(26)16-8-10-18(11-9-16)25-13-5-12-24(21(25)27)14-17-6-3-4-7-19(17)22/h3-4,6-11,15H,5,12-14H2,1-2H3,(H,23,26). The van der Waals surface area contributed by atoms with Crippen LogP contribution in [-0.4, -0.2) is 36.0 Å². The third-order valence-electron chi connectivity index (χ3n) is 4.49. The van der Waals surface area contributed by atoms with Crippen LogP contribution in [0.5, 0.6) is 0 Å². The average Bonchev–Trinajstić information content (AvgIpc) is 2.65. The molecule has 1 fully saturated rings. The molecule has 1 aliphatic heterocycles. The fourth-order valence-electron chi connectivity index (χ4n) is 3.14. The second-order valence-corrected chi connectivity index (χ2v) is 6.98. The molecule has 6 heteroatoms. The van der Waals surface area contributed by atoms with Crippen LogP contribution in [0.2, 0.25) is 0 Å². The van der Waals surface area contributed by atoms with Crippen molar-refractivity contribution in [1.29, 1.82) is 0 Å². The third kappa shape index (κ3) is 4.45. The SMILES string of the molecule is CC(C)NC(=O)c1ccc(N2CCCN(Cc3ccccc3F)C2=O)cc1. The Morgan fingerprint density at radius 2 is 1.81 bits per heavy atom. The Labute approximate surface area is 158 Å². The van der Waals surface area contributed by atoms with E-state index in [4.69, 9.17) is 0 Å². The monoisotopic (exact) mass is 369 g/mol. The van der Waals surface area contributed by atoms with Gasteiger partial charge >= 0.3 is 6.03 Å². The maximum atomic E-state index is 13.9. The Morgan fingerprint density at radius 3 is 2.48 bits per heavy atom. The van der Waals surface area contributed by atoms with Gasteiger partial charge in [-0.2, -0.15) is 0 Å². The zero-order chi connectivity index (χ0) is 19.4. The number of hydrogen-bond acceptors (Lipinski definition) is 2. The molecule has 1 N–H and O–H groups in total. The number of urea groups is 1. The zero-order valence-corrected chi connectivity index (χ0v) is 15.6. The van der Waals surface area contributed by atoms with E-state index in [0.717, 1.165) is 12.1 Å². The molecule has 1 heterocycles. The van der Waals surface area contributed by atoms with Gasteiger partial charge in [0.05, 0.1) is 6.54 Å². The predicted octanol–water partition coefficient (Wildman–Crippen LogP) is 3.80. The second-order valence-electron chi connectivity index (χ2n) is 6.98. The summed E-state index contributed by atoms with van der Waals surface area (Å²) < 4.78 is 13.9. The van der Waals surface area contributed by atoms with Crippen molar-refractivity contribution in [3.8, 4) is 0 Å². The molecule has 3 rings (SSSR count). The molecule has 0 saturated carbocycles. The highest BCUT2D eigenvalue weighted by atomic mass is 19.1. The number of nitrogens with one attached hydrogen (secondary N) is 1. The van der Waals surface area contributed by atoms with Crippen molar-refractivity contribution in [2.45, 2.75) is 32.9 Å². The van der Waals surface area contributed by atoms with Gasteiger partial charge in [0.1, 0.15) is 5.82 Å². The molecule has 0 aromatic heterocycles. The Balaban J connectivity index is 1.72. The first-order chi connectivity index (χ1) is 13.0. The molecular formula is C21H24FN3O2. The van der Waals surface area contributed by atoms with Crippen molar-refractivity contribution in [3.63, 3.8) is 0 Å². The quantitative estimate of drug-likeness (QED) is 0.872. The molecule has 27 heavy (non-hydrogen) atoms. The first kappa shape index (κ1) is 18.9. The van der Waals surface area contributed by atoms with Gasteiger partial charge < -0.3 is 10.2 Å². The molecule has 0 spiro atoms. The van der Waals surface area contributed by atoms with Gasteiger partial charge in [-0.05, 0) is 50.6 Å². The Kier molecular flexibility index (Phi) is 5.74. The number of halogens is 1. The largest absolute Gasteiger partial charge is 0.350 e. The van der Waals surface area contributed by atoms with Crippen LogP contribution in [0, 0.1) is 5.82 Å². The number of anilines is 1. The van der Waals surface area contributed by atoms with Crippen LogP contribution in [0.1, 0.15) is 36.2 Å². The van der Waals surface area contributed by atoms with Gasteiger partial charge in [-0.15, -0.1) is 0 Å². The lowest BCUT2D eigenvalue weighted by Gasteiger charge is -2.35. The Bertz CT molecular complexity index is 820. The summed E-state index contributed by atoms with van der Waals surface area (Å²) in [5, 5.41) is 2.84. The first-order valence-corrected chi connectivity index (χ1v) is 9.16. The van der Waals surface area contributed by atoms with E-state index in [1.807, 2.05) is 13.8 Å². The van der Waals surface area contributed by atoms with E-state index in [-0.39, 0.29) is 30.3 Å². The van der Waals surface area contributed by atoms with Crippen LogP contribution in [0.15, 0.2) is 48.5 Å². The molecule has 2 aromatic rings. The zero-order valence-electron chi connectivity index (χ0n) is 15.6. The van der Waals surface area contributed by atoms with E-state index in [2.05, 4.69) is 5.32 Å². The number of carbonyl (C=O) groups excluding carboxylic acids is 2. The molecule has 2 aromatic carbocycles. The normalized spacial score (nSPS) is 14.6. The average molecular weight is 369 g/mol. The van der Waals surface area contributed by atoms with Crippen LogP contribution in [0.25, 0.3) is 0 Å². The number of amides is 3. The summed E-state index contributed by atoms with van der Waals surface area (Å²) in [4.78, 5) is 28.2. The van der Waals surface area contributed by atoms with Crippen LogP contribution in [0.3, 0.4) is 0 Å². The molecule has 1 aliphatic rings. The fourth-order valence-corrected chi connectivity index (χ4v) is 3.14. The number of benzene rings is 2. The lowest BCUT2D eigenvalue weighted by molar-refractivity contribution is 0.0943. The molecular weight excluding hydrogens is 345 g/mol. The molecule has 1 saturated heterocycles. The number of rotatable bonds is 5. The van der Waals surface area contributed by atoms with Crippen molar-refractivity contribution >= 4 is 17.6 Å². The molecule has 3 amide bonds. The third-order valence-corrected chi connectivity index (χ3v) is 4.49. The number of carbonyl (C=O) groups is 2. The first-order valence-electron chi connectivity index (χ1n) is 9.16. The topological polar surface area (TPSA) is 52.7 Å². The van der Waals surface area contributed by atoms with E-state index >= 15 is 0 Å². The van der Waals surface area contributed by atoms with Gasteiger partial charge in [0.15, 0.2) is 0 Å². The van der Waals surface area contributed by atoms with Gasteiger partial charge in [0.2, 0.25) is 0 Å². The number of hydrogen-bond donors (Lipinski definition) is 1. The lowest BCUT2D eigenvalue weighted by atomic mass is 10.1. The molecule has 0 atom stereocenters. The van der Waals surface area contributed by atoms with Crippen molar-refractivity contribution in [3.05, 3.63) is 65.5 Å². The smallest absolute Gasteiger partial charge is 0.324 e. The maximum absolute atomic E-state index is 13.9. The van der Waals surface area contributed by atoms with E-state index < -0.39 is 0 Å². The van der Waals surface area contributed by atoms with Crippen molar-refractivity contribution < 1.29 is 14.0 Å². The molecule has 0 bridgehead atoms. The van der Waals surface area contributed by atoms with Crippen molar-refractivity contribution in [2.24, 2.45) is 0 Å². The highest BCUT2D eigenvalue weighted by molar-refractivity contribution is 5.96. The molecule has 5 nitrogen and oxygen atoms in total. The van der Waals surface area contributed by atoms with E-state index in [1.165, 1.54) is 6.07 Å². The summed E-state index contributed by atoms with van der Waals surface area (Å²) >= 11 is 0. The van der Waals surface area contributed by atoms with Crippen LogP contribution < -0.4 is 10.2 Å². The molecule has 0 unspecified atom stereocenters. The van der Waals surface area contributed by atoms with Crippen LogP contribution in [-0.2, 0) is 6.54 Å². The van der Waals surface area contributed by atoms with Gasteiger partial charge in [0.25, 0.3) is 5.91 Å². The van der Waals surface area contributed by atoms with Crippen LogP contribution in [0.4, 0.5) is 14.9 Å². The van der Waals surface area contributed by atoms with Gasteiger partial charge in [-0.3, -0.25) is 9.69 Å². The summed E-state index contributed by atoms with van der Waals surface area (Å²) in [6, 6.07) is 13.4. The van der Waals surface area contributed by atoms with E-state index in [0.29, 0.717) is 24.2 Å². The minimum atomic E-state index is -0.303. The fraction of sp³-hybridized carbons (Fsp3) is 0.333. The van der Waals surface area contributed by atoms with Crippen molar-refractivity contribution in [2.75, 3.05) is 18.0 Å². The minimum absolute atomic E-state index is 0.0628. The van der Waals surface area contributed by atoms with Crippen molar-refractivity contribution in [1.82, 2.24) is 10.2 Å². The predicted molar refractivity (Wildman–Crippen MR) is 103 cm³/mol. The number of nitrogens with zero attached hydrogens (tertiary/aromatic N) is 2.